The summed E-state index contributed by atoms with van der Waals surface area (Å²) in [5.41, 5.74) is 3.24. The molecule has 0 aliphatic rings. The third-order valence-corrected chi connectivity index (χ3v) is 4.79. The molecule has 154 valence electrons. The van der Waals surface area contributed by atoms with E-state index in [1.54, 1.807) is 0 Å². The Morgan fingerprint density at radius 1 is 1.14 bits per heavy atom. The number of nitrogens with one attached hydrogen (secondary N) is 1. The summed E-state index contributed by atoms with van der Waals surface area (Å²) in [6, 6.07) is 16.0. The van der Waals surface area contributed by atoms with E-state index in [1.165, 1.54) is 12.7 Å². The van der Waals surface area contributed by atoms with Gasteiger partial charge in [0.15, 0.2) is 0 Å². The first-order valence-corrected chi connectivity index (χ1v) is 10.0. The Labute approximate surface area is 171 Å². The molecule has 1 N–H and O–H groups in total. The first-order chi connectivity index (χ1) is 14.1. The van der Waals surface area contributed by atoms with Gasteiger partial charge in [0.25, 0.3) is 0 Å². The average Bonchev–Trinajstić information content (AvgIpc) is 3.08. The van der Waals surface area contributed by atoms with Gasteiger partial charge >= 0.3 is 0 Å². The van der Waals surface area contributed by atoms with Gasteiger partial charge in [0.2, 0.25) is 5.91 Å². The molecule has 1 atom stereocenters. The van der Waals surface area contributed by atoms with Crippen LogP contribution in [0.25, 0.3) is 11.0 Å². The zero-order chi connectivity index (χ0) is 20.6. The Hall–Kier alpha value is -2.86. The molecule has 6 nitrogen and oxygen atoms in total. The van der Waals surface area contributed by atoms with Crippen molar-refractivity contribution in [2.75, 3.05) is 20.3 Å². The van der Waals surface area contributed by atoms with E-state index in [-0.39, 0.29) is 18.6 Å². The standard InChI is InChI=1S/C23H29N3O3/c1-17-10-12-19(13-11-17)29-15-7-6-14-26-21-9-5-4-8-20(21)25-23(26)18(2)24-22(27)16-28-3/h4-5,8-13,18H,6-7,14-16H2,1-3H3,(H,24,27). The van der Waals surface area contributed by atoms with E-state index < -0.39 is 0 Å². The molecule has 0 bridgehead atoms. The van der Waals surface area contributed by atoms with E-state index >= 15 is 0 Å². The minimum atomic E-state index is -0.200. The van der Waals surface area contributed by atoms with E-state index in [9.17, 15) is 4.79 Å². The van der Waals surface area contributed by atoms with Gasteiger partial charge in [-0.2, -0.15) is 0 Å². The first-order valence-electron chi connectivity index (χ1n) is 10.0. The maximum Gasteiger partial charge on any atom is 0.246 e. The van der Waals surface area contributed by atoms with Crippen molar-refractivity contribution in [2.24, 2.45) is 0 Å². The molecule has 3 aromatic rings. The molecule has 0 radical (unpaired) electrons. The average molecular weight is 396 g/mol. The van der Waals surface area contributed by atoms with Crippen LogP contribution in [0.15, 0.2) is 48.5 Å². The summed E-state index contributed by atoms with van der Waals surface area (Å²) in [5.74, 6) is 1.61. The minimum Gasteiger partial charge on any atom is -0.494 e. The molecule has 1 heterocycles. The number of amides is 1. The molecule has 1 amide bonds. The number of unbranched alkanes of at least 4 members (excludes halogenated alkanes) is 1. The number of hydrogen-bond donors (Lipinski definition) is 1. The fourth-order valence-electron chi connectivity index (χ4n) is 3.33. The molecule has 0 aliphatic heterocycles. The van der Waals surface area contributed by atoms with Crippen molar-refractivity contribution in [1.29, 1.82) is 0 Å². The lowest BCUT2D eigenvalue weighted by Gasteiger charge is -2.16. The lowest BCUT2D eigenvalue weighted by molar-refractivity contribution is -0.125. The molecule has 2 aromatic carbocycles. The third-order valence-electron chi connectivity index (χ3n) is 4.79. The van der Waals surface area contributed by atoms with Crippen LogP contribution in [0.4, 0.5) is 0 Å². The number of rotatable bonds is 10. The fourth-order valence-corrected chi connectivity index (χ4v) is 3.33. The van der Waals surface area contributed by atoms with E-state index in [0.717, 1.165) is 42.0 Å². The van der Waals surface area contributed by atoms with Crippen molar-refractivity contribution in [2.45, 2.75) is 39.3 Å². The topological polar surface area (TPSA) is 65.4 Å². The van der Waals surface area contributed by atoms with Crippen molar-refractivity contribution in [1.82, 2.24) is 14.9 Å². The molecular formula is C23H29N3O3. The number of carbonyl (C=O) groups excluding carboxylic acids is 1. The summed E-state index contributed by atoms with van der Waals surface area (Å²) in [4.78, 5) is 16.7. The molecule has 0 spiro atoms. The van der Waals surface area contributed by atoms with Crippen LogP contribution in [0.1, 0.15) is 37.2 Å². The molecule has 0 saturated carbocycles. The first kappa shape index (κ1) is 20.9. The second-order valence-electron chi connectivity index (χ2n) is 7.20. The van der Waals surface area contributed by atoms with Gasteiger partial charge in [-0.05, 0) is 51.0 Å². The van der Waals surface area contributed by atoms with Gasteiger partial charge in [-0.25, -0.2) is 4.98 Å². The van der Waals surface area contributed by atoms with Crippen molar-refractivity contribution in [3.05, 3.63) is 59.9 Å². The van der Waals surface area contributed by atoms with Gasteiger partial charge in [0.1, 0.15) is 18.2 Å². The normalized spacial score (nSPS) is 12.1. The second-order valence-corrected chi connectivity index (χ2v) is 7.20. The van der Waals surface area contributed by atoms with Gasteiger partial charge in [0.05, 0.1) is 23.7 Å². The number of fused-ring (bicyclic) bond motifs is 1. The minimum absolute atomic E-state index is 0.0426. The highest BCUT2D eigenvalue weighted by Gasteiger charge is 2.18. The number of benzene rings is 2. The number of aromatic nitrogens is 2. The van der Waals surface area contributed by atoms with Gasteiger partial charge in [0, 0.05) is 13.7 Å². The number of carbonyl (C=O) groups is 1. The monoisotopic (exact) mass is 395 g/mol. The Bertz CT molecular complexity index is 934. The summed E-state index contributed by atoms with van der Waals surface area (Å²) < 4.78 is 12.9. The lowest BCUT2D eigenvalue weighted by Crippen LogP contribution is -2.31. The van der Waals surface area contributed by atoms with Crippen LogP contribution in [-0.4, -0.2) is 35.8 Å². The van der Waals surface area contributed by atoms with Crippen LogP contribution in [-0.2, 0) is 16.1 Å². The quantitative estimate of drug-likeness (QED) is 0.527. The van der Waals surface area contributed by atoms with E-state index in [1.807, 2.05) is 37.3 Å². The highest BCUT2D eigenvalue weighted by molar-refractivity contribution is 5.78. The summed E-state index contributed by atoms with van der Waals surface area (Å²) in [6.07, 6.45) is 1.89. The van der Waals surface area contributed by atoms with Crippen LogP contribution in [0.3, 0.4) is 0 Å². The number of nitrogens with zero attached hydrogens (tertiary/aromatic N) is 2. The van der Waals surface area contributed by atoms with Crippen LogP contribution in [0, 0.1) is 6.92 Å². The largest absolute Gasteiger partial charge is 0.494 e. The maximum absolute atomic E-state index is 11.9. The van der Waals surface area contributed by atoms with Gasteiger partial charge in [-0.1, -0.05) is 29.8 Å². The van der Waals surface area contributed by atoms with Gasteiger partial charge in [-0.15, -0.1) is 0 Å². The molecule has 6 heteroatoms. The smallest absolute Gasteiger partial charge is 0.246 e. The van der Waals surface area contributed by atoms with E-state index in [2.05, 4.69) is 35.0 Å². The number of aryl methyl sites for hydroxylation is 2. The predicted octanol–water partition coefficient (Wildman–Crippen LogP) is 4.03. The third kappa shape index (κ3) is 5.57. The number of methoxy groups -OCH3 is 1. The van der Waals surface area contributed by atoms with E-state index in [0.29, 0.717) is 6.61 Å². The van der Waals surface area contributed by atoms with Crippen LogP contribution >= 0.6 is 0 Å². The van der Waals surface area contributed by atoms with Crippen molar-refractivity contribution in [3.8, 4) is 5.75 Å². The van der Waals surface area contributed by atoms with Crippen molar-refractivity contribution in [3.63, 3.8) is 0 Å². The van der Waals surface area contributed by atoms with Gasteiger partial charge in [-0.3, -0.25) is 4.79 Å². The van der Waals surface area contributed by atoms with Crippen LogP contribution in [0.2, 0.25) is 0 Å². The van der Waals surface area contributed by atoms with Crippen LogP contribution in [0.5, 0.6) is 5.75 Å². The maximum atomic E-state index is 11.9. The molecule has 0 fully saturated rings. The number of imidazole rings is 1. The Kier molecular flexibility index (Phi) is 7.25. The number of ether oxygens (including phenoxy) is 2. The Balaban J connectivity index is 1.62. The summed E-state index contributed by atoms with van der Waals surface area (Å²) >= 11 is 0. The Morgan fingerprint density at radius 2 is 1.90 bits per heavy atom. The summed E-state index contributed by atoms with van der Waals surface area (Å²) in [6.45, 7) is 5.55. The SMILES string of the molecule is COCC(=O)NC(C)c1nc2ccccc2n1CCCCOc1ccc(C)cc1. The number of para-hydroxylation sites is 2. The van der Waals surface area contributed by atoms with Crippen molar-refractivity contribution < 1.29 is 14.3 Å². The number of hydrogen-bond acceptors (Lipinski definition) is 4. The molecular weight excluding hydrogens is 366 g/mol. The molecule has 3 rings (SSSR count). The molecule has 0 saturated heterocycles. The molecule has 1 aromatic heterocycles. The second kappa shape index (κ2) is 10.1. The van der Waals surface area contributed by atoms with Gasteiger partial charge < -0.3 is 19.4 Å². The van der Waals surface area contributed by atoms with E-state index in [4.69, 9.17) is 14.5 Å². The Morgan fingerprint density at radius 3 is 2.66 bits per heavy atom. The summed E-state index contributed by atoms with van der Waals surface area (Å²) in [7, 11) is 1.51. The zero-order valence-electron chi connectivity index (χ0n) is 17.4. The molecule has 0 aliphatic carbocycles. The molecule has 29 heavy (non-hydrogen) atoms. The van der Waals surface area contributed by atoms with Crippen molar-refractivity contribution >= 4 is 16.9 Å². The highest BCUT2D eigenvalue weighted by Crippen LogP contribution is 2.22. The fraction of sp³-hybridized carbons (Fsp3) is 0.391. The molecule has 1 unspecified atom stereocenters. The lowest BCUT2D eigenvalue weighted by atomic mass is 10.2. The highest BCUT2D eigenvalue weighted by atomic mass is 16.5. The zero-order valence-corrected chi connectivity index (χ0v) is 17.4. The summed E-state index contributed by atoms with van der Waals surface area (Å²) in [5, 5.41) is 2.95. The van der Waals surface area contributed by atoms with Crippen LogP contribution < -0.4 is 10.1 Å². The predicted molar refractivity (Wildman–Crippen MR) is 114 cm³/mol.